The molecular formula is C15H18N2O2S. The molecule has 0 aliphatic rings. The summed E-state index contributed by atoms with van der Waals surface area (Å²) in [4.78, 5) is 15.1. The third kappa shape index (κ3) is 3.22. The lowest BCUT2D eigenvalue weighted by atomic mass is 10.1. The van der Waals surface area contributed by atoms with Crippen LogP contribution in [0.3, 0.4) is 0 Å². The van der Waals surface area contributed by atoms with Gasteiger partial charge in [-0.1, -0.05) is 37.7 Å². The van der Waals surface area contributed by atoms with Gasteiger partial charge in [0.05, 0.1) is 5.75 Å². The molecule has 1 heterocycles. The molecule has 0 saturated carbocycles. The van der Waals surface area contributed by atoms with Crippen molar-refractivity contribution in [2.75, 3.05) is 5.75 Å². The smallest absolute Gasteiger partial charge is 0.313 e. The number of carbonyl (C=O) groups is 1. The first-order valence-corrected chi connectivity index (χ1v) is 7.64. The summed E-state index contributed by atoms with van der Waals surface area (Å²) in [5, 5.41) is 9.56. The van der Waals surface area contributed by atoms with Crippen molar-refractivity contribution in [1.82, 2.24) is 9.55 Å². The summed E-state index contributed by atoms with van der Waals surface area (Å²) in [5.41, 5.74) is 3.39. The van der Waals surface area contributed by atoms with Crippen molar-refractivity contribution >= 4 is 17.7 Å². The molecule has 1 aromatic heterocycles. The summed E-state index contributed by atoms with van der Waals surface area (Å²) in [7, 11) is 0. The largest absolute Gasteiger partial charge is 0.481 e. The fraction of sp³-hybridized carbons (Fsp3) is 0.333. The maximum Gasteiger partial charge on any atom is 0.313 e. The predicted octanol–water partition coefficient (Wildman–Crippen LogP) is 3.17. The molecule has 0 spiro atoms. The molecule has 0 bridgehead atoms. The molecule has 106 valence electrons. The Morgan fingerprint density at radius 2 is 2.15 bits per heavy atom. The average molecular weight is 290 g/mol. The van der Waals surface area contributed by atoms with Crippen molar-refractivity contribution in [2.45, 2.75) is 31.8 Å². The van der Waals surface area contributed by atoms with E-state index in [0.29, 0.717) is 0 Å². The highest BCUT2D eigenvalue weighted by Gasteiger charge is 2.12. The normalized spacial score (nSPS) is 10.7. The van der Waals surface area contributed by atoms with Gasteiger partial charge in [0.1, 0.15) is 0 Å². The lowest BCUT2D eigenvalue weighted by Gasteiger charge is -2.11. The highest BCUT2D eigenvalue weighted by atomic mass is 32.2. The Kier molecular flexibility index (Phi) is 4.84. The van der Waals surface area contributed by atoms with Crippen molar-refractivity contribution in [3.05, 3.63) is 41.7 Å². The maximum absolute atomic E-state index is 10.7. The number of aliphatic carboxylic acids is 1. The molecule has 0 atom stereocenters. The second-order valence-corrected chi connectivity index (χ2v) is 5.37. The van der Waals surface area contributed by atoms with Crippen LogP contribution in [0.15, 0.2) is 35.6 Å². The van der Waals surface area contributed by atoms with Gasteiger partial charge in [-0.05, 0) is 30.5 Å². The molecule has 2 rings (SSSR count). The predicted molar refractivity (Wildman–Crippen MR) is 80.7 cm³/mol. The number of carboxylic acids is 1. The van der Waals surface area contributed by atoms with Gasteiger partial charge in [0.25, 0.3) is 0 Å². The first-order valence-electron chi connectivity index (χ1n) is 6.66. The van der Waals surface area contributed by atoms with Gasteiger partial charge in [-0.3, -0.25) is 9.36 Å². The third-order valence-corrected chi connectivity index (χ3v) is 4.00. The Morgan fingerprint density at radius 1 is 1.35 bits per heavy atom. The molecule has 0 aliphatic carbocycles. The van der Waals surface area contributed by atoms with Crippen molar-refractivity contribution in [1.29, 1.82) is 0 Å². The fourth-order valence-electron chi connectivity index (χ4n) is 2.04. The van der Waals surface area contributed by atoms with E-state index in [1.165, 1.54) is 17.3 Å². The van der Waals surface area contributed by atoms with Gasteiger partial charge in [-0.15, -0.1) is 0 Å². The number of imidazole rings is 1. The number of hydrogen-bond donors (Lipinski definition) is 1. The first kappa shape index (κ1) is 14.7. The highest BCUT2D eigenvalue weighted by Crippen LogP contribution is 2.24. The number of nitrogens with zero attached hydrogens (tertiary/aromatic N) is 2. The molecule has 0 saturated heterocycles. The molecule has 1 N–H and O–H groups in total. The quantitative estimate of drug-likeness (QED) is 0.830. The molecule has 0 aliphatic heterocycles. The Hall–Kier alpha value is -1.75. The van der Waals surface area contributed by atoms with E-state index in [1.54, 1.807) is 0 Å². The van der Waals surface area contributed by atoms with Gasteiger partial charge in [0.15, 0.2) is 5.16 Å². The van der Waals surface area contributed by atoms with Crippen LogP contribution in [0.2, 0.25) is 0 Å². The van der Waals surface area contributed by atoms with E-state index in [0.717, 1.165) is 29.4 Å². The van der Waals surface area contributed by atoms with Crippen LogP contribution >= 0.6 is 11.8 Å². The molecule has 0 unspecified atom stereocenters. The topological polar surface area (TPSA) is 55.1 Å². The first-order chi connectivity index (χ1) is 9.65. The summed E-state index contributed by atoms with van der Waals surface area (Å²) in [6.07, 6.45) is 3.65. The van der Waals surface area contributed by atoms with Gasteiger partial charge in [0.2, 0.25) is 0 Å². The van der Waals surface area contributed by atoms with Gasteiger partial charge in [0, 0.05) is 17.6 Å². The van der Waals surface area contributed by atoms with Gasteiger partial charge in [-0.25, -0.2) is 4.98 Å². The van der Waals surface area contributed by atoms with Gasteiger partial charge < -0.3 is 5.11 Å². The molecule has 4 nitrogen and oxygen atoms in total. The summed E-state index contributed by atoms with van der Waals surface area (Å²) < 4.78 is 2.05. The molecular weight excluding hydrogens is 272 g/mol. The number of benzene rings is 1. The molecule has 0 amide bonds. The summed E-state index contributed by atoms with van der Waals surface area (Å²) >= 11 is 1.25. The minimum atomic E-state index is -0.829. The van der Waals surface area contributed by atoms with Crippen molar-refractivity contribution in [2.24, 2.45) is 0 Å². The Balaban J connectivity index is 2.41. The van der Waals surface area contributed by atoms with Crippen LogP contribution in [0.5, 0.6) is 0 Å². The minimum Gasteiger partial charge on any atom is -0.481 e. The summed E-state index contributed by atoms with van der Waals surface area (Å²) in [6, 6.07) is 8.28. The average Bonchev–Trinajstić information content (AvgIpc) is 2.88. The Bertz CT molecular complexity index is 608. The van der Waals surface area contributed by atoms with Crippen LogP contribution < -0.4 is 0 Å². The van der Waals surface area contributed by atoms with Crippen LogP contribution in [-0.4, -0.2) is 26.4 Å². The second kappa shape index (κ2) is 6.61. The number of rotatable bonds is 6. The van der Waals surface area contributed by atoms with Crippen LogP contribution in [0.25, 0.3) is 5.69 Å². The lowest BCUT2D eigenvalue weighted by molar-refractivity contribution is -0.133. The third-order valence-electron chi connectivity index (χ3n) is 3.07. The van der Waals surface area contributed by atoms with E-state index in [4.69, 9.17) is 5.11 Å². The van der Waals surface area contributed by atoms with E-state index in [2.05, 4.69) is 31.0 Å². The van der Waals surface area contributed by atoms with Crippen molar-refractivity contribution < 1.29 is 9.90 Å². The summed E-state index contributed by atoms with van der Waals surface area (Å²) in [5.74, 6) is -0.807. The molecule has 0 fully saturated rings. The van der Waals surface area contributed by atoms with Gasteiger partial charge >= 0.3 is 5.97 Å². The monoisotopic (exact) mass is 290 g/mol. The zero-order chi connectivity index (χ0) is 14.5. The van der Waals surface area contributed by atoms with E-state index in [9.17, 15) is 4.79 Å². The maximum atomic E-state index is 10.7. The van der Waals surface area contributed by atoms with Crippen LogP contribution in [0.1, 0.15) is 25.1 Å². The zero-order valence-electron chi connectivity index (χ0n) is 11.7. The molecule has 0 radical (unpaired) electrons. The van der Waals surface area contributed by atoms with E-state index in [-0.39, 0.29) is 5.75 Å². The highest BCUT2D eigenvalue weighted by molar-refractivity contribution is 7.99. The number of carboxylic acid groups (broad SMARTS) is 1. The van der Waals surface area contributed by atoms with Crippen molar-refractivity contribution in [3.8, 4) is 5.69 Å². The minimum absolute atomic E-state index is 0.0215. The molecule has 2 aromatic rings. The van der Waals surface area contributed by atoms with Crippen LogP contribution in [0, 0.1) is 0 Å². The second-order valence-electron chi connectivity index (χ2n) is 4.43. The fourth-order valence-corrected chi connectivity index (χ4v) is 2.77. The SMILES string of the molecule is CCc1cccc(-n2c(CC)cnc2SCC(=O)O)c1. The molecule has 1 aromatic carbocycles. The lowest BCUT2D eigenvalue weighted by Crippen LogP contribution is -2.04. The van der Waals surface area contributed by atoms with Gasteiger partial charge in [-0.2, -0.15) is 0 Å². The van der Waals surface area contributed by atoms with E-state index < -0.39 is 5.97 Å². The van der Waals surface area contributed by atoms with Crippen LogP contribution in [-0.2, 0) is 17.6 Å². The van der Waals surface area contributed by atoms with Crippen molar-refractivity contribution in [3.63, 3.8) is 0 Å². The summed E-state index contributed by atoms with van der Waals surface area (Å²) in [6.45, 7) is 4.19. The van der Waals surface area contributed by atoms with E-state index >= 15 is 0 Å². The Morgan fingerprint density at radius 3 is 2.80 bits per heavy atom. The van der Waals surface area contributed by atoms with Crippen LogP contribution in [0.4, 0.5) is 0 Å². The molecule has 20 heavy (non-hydrogen) atoms. The number of thioether (sulfide) groups is 1. The Labute approximate surface area is 122 Å². The standard InChI is InChI=1S/C15H18N2O2S/c1-3-11-6-5-7-13(8-11)17-12(4-2)9-16-15(17)20-10-14(18)19/h5-9H,3-4,10H2,1-2H3,(H,18,19). The number of aromatic nitrogens is 2. The number of hydrogen-bond acceptors (Lipinski definition) is 3. The molecule has 5 heteroatoms. The van der Waals surface area contributed by atoms with E-state index in [1.807, 2.05) is 22.9 Å². The zero-order valence-corrected chi connectivity index (χ0v) is 12.5. The number of aryl methyl sites for hydroxylation is 2.